The maximum Gasteiger partial charge on any atom is 0.128 e. The van der Waals surface area contributed by atoms with Crippen molar-refractivity contribution in [3.8, 4) is 0 Å². The molecule has 0 spiro atoms. The number of nitrogens with zero attached hydrogens (tertiary/aromatic N) is 3. The minimum Gasteiger partial charge on any atom is -0.399 e. The molecule has 0 aliphatic carbocycles. The fourth-order valence-electron chi connectivity index (χ4n) is 2.64. The summed E-state index contributed by atoms with van der Waals surface area (Å²) in [6, 6.07) is 12.0. The van der Waals surface area contributed by atoms with E-state index in [9.17, 15) is 0 Å². The monoisotopic (exact) mass is 374 g/mol. The van der Waals surface area contributed by atoms with Crippen LogP contribution in [0.1, 0.15) is 5.56 Å². The third kappa shape index (κ3) is 5.43. The number of halogens is 3. The molecule has 1 aliphatic rings. The van der Waals surface area contributed by atoms with Gasteiger partial charge >= 0.3 is 0 Å². The molecule has 0 amide bonds. The van der Waals surface area contributed by atoms with Crippen molar-refractivity contribution in [3.63, 3.8) is 0 Å². The number of aromatic nitrogens is 1. The second-order valence-corrected chi connectivity index (χ2v) is 5.78. The normalized spacial score (nSPS) is 14.7. The summed E-state index contributed by atoms with van der Waals surface area (Å²) >= 11 is 5.88. The van der Waals surface area contributed by atoms with Crippen LogP contribution >= 0.6 is 36.4 Å². The molecule has 1 aliphatic heterocycles. The second-order valence-electron chi connectivity index (χ2n) is 5.34. The van der Waals surface area contributed by atoms with Gasteiger partial charge in [0.1, 0.15) is 5.82 Å². The van der Waals surface area contributed by atoms with Gasteiger partial charge in [0.2, 0.25) is 0 Å². The van der Waals surface area contributed by atoms with Crippen LogP contribution in [-0.2, 0) is 6.54 Å². The van der Waals surface area contributed by atoms with Gasteiger partial charge in [-0.2, -0.15) is 0 Å². The van der Waals surface area contributed by atoms with Crippen LogP contribution in [0.2, 0.25) is 5.02 Å². The summed E-state index contributed by atoms with van der Waals surface area (Å²) in [6.07, 6.45) is 1.70. The summed E-state index contributed by atoms with van der Waals surface area (Å²) in [5, 5.41) is 0.680. The van der Waals surface area contributed by atoms with Gasteiger partial charge < -0.3 is 10.6 Å². The molecule has 2 N–H and O–H groups in total. The Labute approximate surface area is 154 Å². The number of rotatable bonds is 3. The van der Waals surface area contributed by atoms with Crippen molar-refractivity contribution in [1.82, 2.24) is 9.88 Å². The quantitative estimate of drug-likeness (QED) is 0.834. The van der Waals surface area contributed by atoms with Gasteiger partial charge in [-0.05, 0) is 29.8 Å². The second kappa shape index (κ2) is 9.18. The van der Waals surface area contributed by atoms with Gasteiger partial charge in [0.05, 0.1) is 5.02 Å². The molecule has 0 saturated carbocycles. The molecule has 2 aromatic rings. The summed E-state index contributed by atoms with van der Waals surface area (Å²) in [7, 11) is 0. The predicted octanol–water partition coefficient (Wildman–Crippen LogP) is 3.48. The molecule has 1 aromatic carbocycles. The number of nitrogen functional groups attached to an aromatic ring is 1. The van der Waals surface area contributed by atoms with Crippen LogP contribution < -0.4 is 10.6 Å². The van der Waals surface area contributed by atoms with E-state index in [1.165, 1.54) is 5.56 Å². The topological polar surface area (TPSA) is 45.4 Å². The highest BCUT2D eigenvalue weighted by Gasteiger charge is 2.18. The highest BCUT2D eigenvalue weighted by Crippen LogP contribution is 2.17. The summed E-state index contributed by atoms with van der Waals surface area (Å²) in [6.45, 7) is 4.97. The smallest absolute Gasteiger partial charge is 0.128 e. The van der Waals surface area contributed by atoms with Crippen LogP contribution in [0, 0.1) is 0 Å². The SMILES string of the molecule is Cl.Cl.Nc1cccc(CN2CCN(c3ccc(Cl)cn3)CC2)c1. The van der Waals surface area contributed by atoms with E-state index in [2.05, 4.69) is 20.9 Å². The Balaban J connectivity index is 0.00000132. The molecule has 0 atom stereocenters. The molecule has 126 valence electrons. The van der Waals surface area contributed by atoms with Crippen molar-refractivity contribution < 1.29 is 0 Å². The Kier molecular flexibility index (Phi) is 7.92. The first-order valence-corrected chi connectivity index (χ1v) is 7.52. The summed E-state index contributed by atoms with van der Waals surface area (Å²) < 4.78 is 0. The van der Waals surface area contributed by atoms with Gasteiger partial charge in [-0.15, -0.1) is 24.8 Å². The summed E-state index contributed by atoms with van der Waals surface area (Å²) in [5.74, 6) is 1.00. The van der Waals surface area contributed by atoms with Gasteiger partial charge in [-0.1, -0.05) is 23.7 Å². The Morgan fingerprint density at radius 1 is 1.04 bits per heavy atom. The molecular formula is C16H21Cl3N4. The largest absolute Gasteiger partial charge is 0.399 e. The van der Waals surface area contributed by atoms with Crippen LogP contribution in [0.4, 0.5) is 11.5 Å². The average Bonchev–Trinajstić information content (AvgIpc) is 2.49. The highest BCUT2D eigenvalue weighted by atomic mass is 35.5. The average molecular weight is 376 g/mol. The molecule has 0 bridgehead atoms. The summed E-state index contributed by atoms with van der Waals surface area (Å²) in [5.41, 5.74) is 7.93. The van der Waals surface area contributed by atoms with Gasteiger partial charge in [-0.3, -0.25) is 4.90 Å². The van der Waals surface area contributed by atoms with E-state index >= 15 is 0 Å². The third-order valence-corrected chi connectivity index (χ3v) is 3.99. The maximum absolute atomic E-state index is 5.88. The standard InChI is InChI=1S/C16H19ClN4.2ClH/c17-14-4-5-16(19-11-14)21-8-6-20(7-9-21)12-13-2-1-3-15(18)10-13;;/h1-5,10-11H,6-9,12,18H2;2*1H. The first-order valence-electron chi connectivity index (χ1n) is 7.14. The molecule has 23 heavy (non-hydrogen) atoms. The lowest BCUT2D eigenvalue weighted by Gasteiger charge is -2.35. The Hall–Kier alpha value is -1.20. The molecule has 0 unspecified atom stereocenters. The molecule has 3 rings (SSSR count). The Morgan fingerprint density at radius 3 is 2.39 bits per heavy atom. The number of hydrogen-bond donors (Lipinski definition) is 1. The van der Waals surface area contributed by atoms with Crippen molar-refractivity contribution in [2.45, 2.75) is 6.54 Å². The molecule has 7 heteroatoms. The van der Waals surface area contributed by atoms with E-state index < -0.39 is 0 Å². The fraction of sp³-hybridized carbons (Fsp3) is 0.312. The number of hydrogen-bond acceptors (Lipinski definition) is 4. The van der Waals surface area contributed by atoms with E-state index in [4.69, 9.17) is 17.3 Å². The molecule has 1 saturated heterocycles. The first kappa shape index (κ1) is 19.8. The lowest BCUT2D eigenvalue weighted by atomic mass is 10.2. The van der Waals surface area contributed by atoms with Crippen molar-refractivity contribution in [1.29, 1.82) is 0 Å². The van der Waals surface area contributed by atoms with Crippen LogP contribution in [-0.4, -0.2) is 36.1 Å². The van der Waals surface area contributed by atoms with Gasteiger partial charge in [0.25, 0.3) is 0 Å². The molecule has 1 fully saturated rings. The molecule has 1 aromatic heterocycles. The van der Waals surface area contributed by atoms with Crippen LogP contribution in [0.25, 0.3) is 0 Å². The molecule has 2 heterocycles. The predicted molar refractivity (Wildman–Crippen MR) is 102 cm³/mol. The van der Waals surface area contributed by atoms with Crippen molar-refractivity contribution in [3.05, 3.63) is 53.2 Å². The Morgan fingerprint density at radius 2 is 1.78 bits per heavy atom. The van der Waals surface area contributed by atoms with Gasteiger partial charge in [-0.25, -0.2) is 4.98 Å². The van der Waals surface area contributed by atoms with Crippen molar-refractivity contribution in [2.75, 3.05) is 36.8 Å². The van der Waals surface area contributed by atoms with Crippen molar-refractivity contribution >= 4 is 47.9 Å². The zero-order valence-electron chi connectivity index (χ0n) is 12.7. The number of pyridine rings is 1. The highest BCUT2D eigenvalue weighted by molar-refractivity contribution is 6.30. The summed E-state index contributed by atoms with van der Waals surface area (Å²) in [4.78, 5) is 9.12. The first-order chi connectivity index (χ1) is 10.2. The molecular weight excluding hydrogens is 355 g/mol. The Bertz CT molecular complexity index is 599. The fourth-order valence-corrected chi connectivity index (χ4v) is 2.75. The van der Waals surface area contributed by atoms with Crippen molar-refractivity contribution in [2.24, 2.45) is 0 Å². The maximum atomic E-state index is 5.88. The van der Waals surface area contributed by atoms with Crippen LogP contribution in [0.15, 0.2) is 42.6 Å². The van der Waals surface area contributed by atoms with Gasteiger partial charge in [0, 0.05) is 44.6 Å². The van der Waals surface area contributed by atoms with Gasteiger partial charge in [0.15, 0.2) is 0 Å². The zero-order valence-corrected chi connectivity index (χ0v) is 15.1. The van der Waals surface area contributed by atoms with Crippen LogP contribution in [0.5, 0.6) is 0 Å². The van der Waals surface area contributed by atoms with Crippen LogP contribution in [0.3, 0.4) is 0 Å². The van der Waals surface area contributed by atoms with E-state index in [1.807, 2.05) is 30.3 Å². The number of anilines is 2. The van der Waals surface area contributed by atoms with E-state index in [-0.39, 0.29) is 24.8 Å². The van der Waals surface area contributed by atoms with E-state index in [1.54, 1.807) is 6.20 Å². The molecule has 0 radical (unpaired) electrons. The van der Waals surface area contributed by atoms with E-state index in [0.717, 1.165) is 44.2 Å². The molecule has 4 nitrogen and oxygen atoms in total. The minimum absolute atomic E-state index is 0. The number of benzene rings is 1. The number of nitrogens with two attached hydrogens (primary N) is 1. The van der Waals surface area contributed by atoms with E-state index in [0.29, 0.717) is 5.02 Å². The lowest BCUT2D eigenvalue weighted by Crippen LogP contribution is -2.46. The zero-order chi connectivity index (χ0) is 14.7. The minimum atomic E-state index is 0. The third-order valence-electron chi connectivity index (χ3n) is 3.77. The lowest BCUT2D eigenvalue weighted by molar-refractivity contribution is 0.249. The number of piperazine rings is 1.